The summed E-state index contributed by atoms with van der Waals surface area (Å²) in [5.41, 5.74) is 0.414. The van der Waals surface area contributed by atoms with Crippen molar-refractivity contribution in [3.8, 4) is 5.75 Å². The first-order chi connectivity index (χ1) is 14.9. The molecule has 0 atom stereocenters. The molecular formula is C21H22ClFN4O4. The molecule has 0 saturated heterocycles. The fourth-order valence-corrected chi connectivity index (χ4v) is 2.89. The third-order valence-corrected chi connectivity index (χ3v) is 4.53. The molecular weight excluding hydrogens is 427 g/mol. The standard InChI is InChI=1S/C21H22ClFN4O4/c1-3-9-24-21(29)19-16(11-27(4-2)26-19)25-20(28)18-8-6-14(31-18)12-30-17-7-5-13(23)10-15(17)22/h5-8,10-11H,3-4,9,12H2,1-2H3,(H,24,29)(H,25,28). The summed E-state index contributed by atoms with van der Waals surface area (Å²) in [6.45, 7) is 4.86. The first kappa shape index (κ1) is 22.4. The number of amides is 2. The molecule has 1 aromatic carbocycles. The molecule has 0 saturated carbocycles. The molecule has 8 nitrogen and oxygen atoms in total. The van der Waals surface area contributed by atoms with E-state index in [0.29, 0.717) is 24.6 Å². The maximum atomic E-state index is 13.1. The zero-order valence-corrected chi connectivity index (χ0v) is 17.8. The highest BCUT2D eigenvalue weighted by Gasteiger charge is 2.20. The van der Waals surface area contributed by atoms with Crippen LogP contribution in [0.1, 0.15) is 47.1 Å². The molecule has 0 aliphatic rings. The third-order valence-electron chi connectivity index (χ3n) is 4.23. The third kappa shape index (κ3) is 5.64. The highest BCUT2D eigenvalue weighted by atomic mass is 35.5. The zero-order valence-electron chi connectivity index (χ0n) is 17.1. The van der Waals surface area contributed by atoms with Gasteiger partial charge in [0.15, 0.2) is 11.5 Å². The van der Waals surface area contributed by atoms with E-state index < -0.39 is 11.7 Å². The summed E-state index contributed by atoms with van der Waals surface area (Å²) in [5.74, 6) is -0.673. The topological polar surface area (TPSA) is 98.4 Å². The van der Waals surface area contributed by atoms with Crippen molar-refractivity contribution in [3.05, 3.63) is 64.6 Å². The molecule has 0 fully saturated rings. The molecule has 10 heteroatoms. The first-order valence-electron chi connectivity index (χ1n) is 9.74. The minimum Gasteiger partial charge on any atom is -0.484 e. The van der Waals surface area contributed by atoms with Crippen molar-refractivity contribution >= 4 is 29.1 Å². The van der Waals surface area contributed by atoms with E-state index in [0.717, 1.165) is 12.5 Å². The van der Waals surface area contributed by atoms with Gasteiger partial charge in [-0.05, 0) is 43.7 Å². The molecule has 2 N–H and O–H groups in total. The van der Waals surface area contributed by atoms with Crippen LogP contribution in [0.2, 0.25) is 5.02 Å². The van der Waals surface area contributed by atoms with Crippen LogP contribution >= 0.6 is 11.6 Å². The van der Waals surface area contributed by atoms with Crippen molar-refractivity contribution in [1.29, 1.82) is 0 Å². The van der Waals surface area contributed by atoms with Gasteiger partial charge in [-0.3, -0.25) is 14.3 Å². The number of anilines is 1. The normalized spacial score (nSPS) is 10.7. The average molecular weight is 449 g/mol. The van der Waals surface area contributed by atoms with Crippen LogP contribution in [0.4, 0.5) is 10.1 Å². The predicted octanol–water partition coefficient (Wildman–Crippen LogP) is 4.26. The zero-order chi connectivity index (χ0) is 22.4. The first-order valence-corrected chi connectivity index (χ1v) is 10.1. The number of hydrogen-bond donors (Lipinski definition) is 2. The lowest BCUT2D eigenvalue weighted by atomic mass is 10.3. The lowest BCUT2D eigenvalue weighted by Crippen LogP contribution is -2.26. The summed E-state index contributed by atoms with van der Waals surface area (Å²) in [6.07, 6.45) is 2.37. The Hall–Kier alpha value is -3.33. The minimum atomic E-state index is -0.536. The van der Waals surface area contributed by atoms with Crippen molar-refractivity contribution in [2.45, 2.75) is 33.4 Å². The Morgan fingerprint density at radius 2 is 2.03 bits per heavy atom. The van der Waals surface area contributed by atoms with Gasteiger partial charge in [-0.1, -0.05) is 18.5 Å². The number of aryl methyl sites for hydroxylation is 1. The van der Waals surface area contributed by atoms with Crippen LogP contribution in [0.25, 0.3) is 0 Å². The Morgan fingerprint density at radius 1 is 1.23 bits per heavy atom. The number of ether oxygens (including phenoxy) is 1. The van der Waals surface area contributed by atoms with Crippen molar-refractivity contribution < 1.29 is 23.1 Å². The van der Waals surface area contributed by atoms with Crippen molar-refractivity contribution in [2.24, 2.45) is 0 Å². The second-order valence-corrected chi connectivity index (χ2v) is 6.99. The molecule has 3 rings (SSSR count). The van der Waals surface area contributed by atoms with Crippen LogP contribution in [0.3, 0.4) is 0 Å². The maximum absolute atomic E-state index is 13.1. The largest absolute Gasteiger partial charge is 0.484 e. The Kier molecular flexibility index (Phi) is 7.30. The van der Waals surface area contributed by atoms with Crippen LogP contribution in [0.15, 0.2) is 40.9 Å². The quantitative estimate of drug-likeness (QED) is 0.509. The fourth-order valence-electron chi connectivity index (χ4n) is 2.67. The monoisotopic (exact) mass is 448 g/mol. The molecule has 0 radical (unpaired) electrons. The highest BCUT2D eigenvalue weighted by Crippen LogP contribution is 2.26. The molecule has 0 aliphatic carbocycles. The summed E-state index contributed by atoms with van der Waals surface area (Å²) in [5, 5.41) is 9.75. The van der Waals surface area contributed by atoms with Crippen LogP contribution < -0.4 is 15.4 Å². The van der Waals surface area contributed by atoms with Crippen LogP contribution in [-0.4, -0.2) is 28.1 Å². The molecule has 0 bridgehead atoms. The Labute approximate surface area is 183 Å². The van der Waals surface area contributed by atoms with E-state index in [1.54, 1.807) is 16.9 Å². The fraction of sp³-hybridized carbons (Fsp3) is 0.286. The molecule has 0 aliphatic heterocycles. The van der Waals surface area contributed by atoms with E-state index in [1.165, 1.54) is 18.2 Å². The van der Waals surface area contributed by atoms with Gasteiger partial charge in [-0.15, -0.1) is 0 Å². The molecule has 0 unspecified atom stereocenters. The van der Waals surface area contributed by atoms with E-state index in [9.17, 15) is 14.0 Å². The van der Waals surface area contributed by atoms with Crippen LogP contribution in [0.5, 0.6) is 5.75 Å². The molecule has 2 heterocycles. The van der Waals surface area contributed by atoms with E-state index in [1.807, 2.05) is 13.8 Å². The van der Waals surface area contributed by atoms with Gasteiger partial charge in [0.2, 0.25) is 0 Å². The Bertz CT molecular complexity index is 1080. The van der Waals surface area contributed by atoms with Gasteiger partial charge < -0.3 is 19.8 Å². The Balaban J connectivity index is 1.67. The number of hydrogen-bond acceptors (Lipinski definition) is 5. The summed E-state index contributed by atoms with van der Waals surface area (Å²) in [6, 6.07) is 6.85. The number of nitrogens with zero attached hydrogens (tertiary/aromatic N) is 2. The van der Waals surface area contributed by atoms with Crippen LogP contribution in [-0.2, 0) is 13.2 Å². The van der Waals surface area contributed by atoms with Gasteiger partial charge >= 0.3 is 0 Å². The number of nitrogens with one attached hydrogen (secondary N) is 2. The summed E-state index contributed by atoms with van der Waals surface area (Å²) in [7, 11) is 0. The number of carbonyl (C=O) groups excluding carboxylic acids is 2. The van der Waals surface area contributed by atoms with Gasteiger partial charge in [0, 0.05) is 19.3 Å². The predicted molar refractivity (Wildman–Crippen MR) is 113 cm³/mol. The summed E-state index contributed by atoms with van der Waals surface area (Å²) < 4.78 is 25.7. The molecule has 2 amide bonds. The number of rotatable bonds is 9. The van der Waals surface area contributed by atoms with Gasteiger partial charge in [0.1, 0.15) is 23.9 Å². The second kappa shape index (κ2) is 10.1. The van der Waals surface area contributed by atoms with E-state index in [2.05, 4.69) is 15.7 Å². The van der Waals surface area contributed by atoms with Gasteiger partial charge in [-0.25, -0.2) is 4.39 Å². The molecule has 3 aromatic rings. The number of benzene rings is 1. The lowest BCUT2D eigenvalue weighted by molar-refractivity contribution is 0.0948. The van der Waals surface area contributed by atoms with Gasteiger partial charge in [-0.2, -0.15) is 5.10 Å². The Morgan fingerprint density at radius 3 is 2.74 bits per heavy atom. The van der Waals surface area contributed by atoms with Crippen LogP contribution in [0, 0.1) is 5.82 Å². The van der Waals surface area contributed by atoms with Crippen molar-refractivity contribution in [3.63, 3.8) is 0 Å². The molecule has 164 valence electrons. The smallest absolute Gasteiger partial charge is 0.291 e. The molecule has 0 spiro atoms. The van der Waals surface area contributed by atoms with E-state index in [-0.39, 0.29) is 34.7 Å². The average Bonchev–Trinajstić information content (AvgIpc) is 3.38. The number of halogens is 2. The summed E-state index contributed by atoms with van der Waals surface area (Å²) >= 11 is 5.93. The van der Waals surface area contributed by atoms with E-state index in [4.69, 9.17) is 20.8 Å². The number of aromatic nitrogens is 2. The van der Waals surface area contributed by atoms with Gasteiger partial charge in [0.05, 0.1) is 10.7 Å². The number of carbonyl (C=O) groups is 2. The summed E-state index contributed by atoms with van der Waals surface area (Å²) in [4.78, 5) is 24.9. The number of furan rings is 1. The SMILES string of the molecule is CCCNC(=O)c1nn(CC)cc1NC(=O)c1ccc(COc2ccc(F)cc2Cl)o1. The maximum Gasteiger partial charge on any atom is 0.291 e. The minimum absolute atomic E-state index is 0.00290. The van der Waals surface area contributed by atoms with Gasteiger partial charge in [0.25, 0.3) is 11.8 Å². The van der Waals surface area contributed by atoms with E-state index >= 15 is 0 Å². The molecule has 31 heavy (non-hydrogen) atoms. The van der Waals surface area contributed by atoms with Crippen molar-refractivity contribution in [2.75, 3.05) is 11.9 Å². The van der Waals surface area contributed by atoms with Crippen molar-refractivity contribution in [1.82, 2.24) is 15.1 Å². The highest BCUT2D eigenvalue weighted by molar-refractivity contribution is 6.32. The second-order valence-electron chi connectivity index (χ2n) is 6.59. The lowest BCUT2D eigenvalue weighted by Gasteiger charge is -2.06. The molecule has 2 aromatic heterocycles.